The Morgan fingerprint density at radius 2 is 2.13 bits per heavy atom. The van der Waals surface area contributed by atoms with Gasteiger partial charge in [-0.15, -0.1) is 0 Å². The molecule has 15 heavy (non-hydrogen) atoms. The second kappa shape index (κ2) is 5.52. The number of nitrogens with one attached hydrogen (secondary N) is 1. The molecule has 0 heterocycles. The van der Waals surface area contributed by atoms with Gasteiger partial charge in [0.2, 0.25) is 5.96 Å². The first-order valence-corrected chi connectivity index (χ1v) is 4.79. The monoisotopic (exact) mass is 233 g/mol. The van der Waals surface area contributed by atoms with E-state index < -0.39 is 5.76 Å². The molecular formula is C8H9F2N3OS. The predicted molar refractivity (Wildman–Crippen MR) is 54.5 cm³/mol. The van der Waals surface area contributed by atoms with Gasteiger partial charge in [0.15, 0.2) is 0 Å². The molecule has 0 amide bonds. The van der Waals surface area contributed by atoms with Crippen LogP contribution >= 0.6 is 11.8 Å². The summed E-state index contributed by atoms with van der Waals surface area (Å²) in [6, 6.07) is 6.28. The first-order valence-electron chi connectivity index (χ1n) is 3.91. The van der Waals surface area contributed by atoms with Crippen LogP contribution < -0.4 is 11.2 Å². The number of alkyl halides is 2. The Hall–Kier alpha value is -1.34. The van der Waals surface area contributed by atoms with Crippen molar-refractivity contribution in [2.45, 2.75) is 10.7 Å². The van der Waals surface area contributed by atoms with Crippen molar-refractivity contribution < 1.29 is 14.0 Å². The molecule has 0 aliphatic heterocycles. The second-order valence-electron chi connectivity index (χ2n) is 2.46. The van der Waals surface area contributed by atoms with Crippen LogP contribution in [0.3, 0.4) is 0 Å². The van der Waals surface area contributed by atoms with E-state index in [1.807, 2.05) is 0 Å². The first kappa shape index (κ1) is 11.7. The number of thioether (sulfide) groups is 1. The number of hydroxylamine groups is 1. The van der Waals surface area contributed by atoms with Gasteiger partial charge in [0, 0.05) is 4.90 Å². The number of benzene rings is 1. The molecule has 4 nitrogen and oxygen atoms in total. The van der Waals surface area contributed by atoms with Gasteiger partial charge < -0.3 is 5.73 Å². The molecule has 1 aromatic carbocycles. The highest BCUT2D eigenvalue weighted by atomic mass is 32.2. The number of guanidine groups is 1. The van der Waals surface area contributed by atoms with Crippen LogP contribution in [0.25, 0.3) is 0 Å². The summed E-state index contributed by atoms with van der Waals surface area (Å²) in [6.07, 6.45) is 0. The van der Waals surface area contributed by atoms with Gasteiger partial charge >= 0.3 is 0 Å². The molecule has 0 aliphatic carbocycles. The van der Waals surface area contributed by atoms with E-state index in [0.29, 0.717) is 16.7 Å². The summed E-state index contributed by atoms with van der Waals surface area (Å²) in [7, 11) is 0. The summed E-state index contributed by atoms with van der Waals surface area (Å²) >= 11 is 0.372. The Kier molecular flexibility index (Phi) is 4.32. The quantitative estimate of drug-likeness (QED) is 0.323. The summed E-state index contributed by atoms with van der Waals surface area (Å²) in [6.45, 7) is 0. The third kappa shape index (κ3) is 3.72. The maximum Gasteiger partial charge on any atom is 0.288 e. The van der Waals surface area contributed by atoms with Crippen LogP contribution in [0.2, 0.25) is 0 Å². The van der Waals surface area contributed by atoms with E-state index in [1.165, 1.54) is 12.1 Å². The van der Waals surface area contributed by atoms with E-state index in [-0.39, 0.29) is 11.6 Å². The Morgan fingerprint density at radius 1 is 1.47 bits per heavy atom. The Morgan fingerprint density at radius 3 is 2.73 bits per heavy atom. The second-order valence-corrected chi connectivity index (χ2v) is 3.49. The fraction of sp³-hybridized carbons (Fsp3) is 0.125. The molecule has 0 aromatic heterocycles. The van der Waals surface area contributed by atoms with Crippen LogP contribution in [0.1, 0.15) is 0 Å². The molecule has 0 radical (unpaired) electrons. The maximum absolute atomic E-state index is 12.1. The minimum Gasteiger partial charge on any atom is -0.368 e. The molecule has 0 aliphatic rings. The van der Waals surface area contributed by atoms with Crippen molar-refractivity contribution in [3.05, 3.63) is 24.3 Å². The molecule has 0 spiro atoms. The highest BCUT2D eigenvalue weighted by Gasteiger charge is 2.09. The van der Waals surface area contributed by atoms with Gasteiger partial charge in [-0.25, -0.2) is 10.5 Å². The van der Waals surface area contributed by atoms with Crippen LogP contribution in [0, 0.1) is 0 Å². The Labute approximate surface area is 89.1 Å². The van der Waals surface area contributed by atoms with Gasteiger partial charge in [-0.3, -0.25) is 5.21 Å². The number of nitrogens with zero attached hydrogens (tertiary/aromatic N) is 1. The van der Waals surface area contributed by atoms with Crippen LogP contribution in [0.5, 0.6) is 0 Å². The molecule has 0 bridgehead atoms. The third-order valence-corrected chi connectivity index (χ3v) is 2.21. The van der Waals surface area contributed by atoms with Crippen molar-refractivity contribution in [1.82, 2.24) is 5.48 Å². The summed E-state index contributed by atoms with van der Waals surface area (Å²) in [5.41, 5.74) is 7.10. The number of hydrogen-bond donors (Lipinski definition) is 3. The molecular weight excluding hydrogens is 224 g/mol. The number of rotatable bonds is 3. The fourth-order valence-corrected chi connectivity index (χ4v) is 1.48. The summed E-state index contributed by atoms with van der Waals surface area (Å²) < 4.78 is 24.3. The standard InChI is InChI=1S/C8H9F2N3OS/c9-7(10)15-6-4-2-1-3-5(6)12-8(11)13-14/h1-4,7,14H,(H3,11,12,13). The molecule has 7 heteroatoms. The zero-order valence-corrected chi connectivity index (χ0v) is 8.34. The number of hydrogen-bond acceptors (Lipinski definition) is 3. The van der Waals surface area contributed by atoms with Crippen molar-refractivity contribution in [3.63, 3.8) is 0 Å². The molecule has 0 saturated heterocycles. The lowest BCUT2D eigenvalue weighted by atomic mass is 10.3. The molecule has 0 unspecified atom stereocenters. The number of nitrogens with two attached hydrogens (primary N) is 1. The average molecular weight is 233 g/mol. The number of para-hydroxylation sites is 1. The van der Waals surface area contributed by atoms with E-state index in [4.69, 9.17) is 10.9 Å². The minimum absolute atomic E-state index is 0.252. The smallest absolute Gasteiger partial charge is 0.288 e. The molecule has 0 fully saturated rings. The molecule has 4 N–H and O–H groups in total. The van der Waals surface area contributed by atoms with Crippen molar-refractivity contribution >= 4 is 23.4 Å². The topological polar surface area (TPSA) is 70.6 Å². The summed E-state index contributed by atoms with van der Waals surface area (Å²) in [4.78, 5) is 4.01. The van der Waals surface area contributed by atoms with Gasteiger partial charge in [0.1, 0.15) is 0 Å². The average Bonchev–Trinajstić information content (AvgIpc) is 2.20. The van der Waals surface area contributed by atoms with E-state index in [2.05, 4.69) is 4.99 Å². The number of aliphatic imine (C=N–C) groups is 1. The molecule has 0 saturated carbocycles. The summed E-state index contributed by atoms with van der Waals surface area (Å²) in [5.74, 6) is -2.78. The van der Waals surface area contributed by atoms with E-state index in [1.54, 1.807) is 17.6 Å². The van der Waals surface area contributed by atoms with Gasteiger partial charge in [0.25, 0.3) is 5.76 Å². The molecule has 1 aromatic rings. The SMILES string of the molecule is NC(=Nc1ccccc1SC(F)F)NO. The van der Waals surface area contributed by atoms with E-state index >= 15 is 0 Å². The van der Waals surface area contributed by atoms with Crippen molar-refractivity contribution in [2.24, 2.45) is 10.7 Å². The fourth-order valence-electron chi connectivity index (χ4n) is 0.900. The van der Waals surface area contributed by atoms with E-state index in [0.717, 1.165) is 0 Å². The normalized spacial score (nSPS) is 11.9. The predicted octanol–water partition coefficient (Wildman–Crippen LogP) is 1.93. The van der Waals surface area contributed by atoms with Crippen LogP contribution in [0.15, 0.2) is 34.2 Å². The highest BCUT2D eigenvalue weighted by molar-refractivity contribution is 7.99. The largest absolute Gasteiger partial charge is 0.368 e. The van der Waals surface area contributed by atoms with Gasteiger partial charge in [0.05, 0.1) is 5.69 Å². The van der Waals surface area contributed by atoms with Crippen LogP contribution in [-0.2, 0) is 0 Å². The van der Waals surface area contributed by atoms with Gasteiger partial charge in [-0.05, 0) is 12.1 Å². The molecule has 1 rings (SSSR count). The Bertz CT molecular complexity index is 359. The number of halogens is 2. The zero-order valence-electron chi connectivity index (χ0n) is 7.52. The zero-order chi connectivity index (χ0) is 11.3. The van der Waals surface area contributed by atoms with Crippen molar-refractivity contribution in [1.29, 1.82) is 0 Å². The lowest BCUT2D eigenvalue weighted by Gasteiger charge is -2.04. The van der Waals surface area contributed by atoms with Crippen LogP contribution in [-0.4, -0.2) is 16.9 Å². The van der Waals surface area contributed by atoms with E-state index in [9.17, 15) is 8.78 Å². The van der Waals surface area contributed by atoms with Gasteiger partial charge in [-0.2, -0.15) is 8.78 Å². The third-order valence-electron chi connectivity index (χ3n) is 1.44. The molecule has 0 atom stereocenters. The summed E-state index contributed by atoms with van der Waals surface area (Å²) in [5, 5.41) is 8.41. The minimum atomic E-state index is -2.52. The van der Waals surface area contributed by atoms with Crippen molar-refractivity contribution in [2.75, 3.05) is 0 Å². The molecule has 82 valence electrons. The first-order chi connectivity index (χ1) is 7.13. The maximum atomic E-state index is 12.1. The van der Waals surface area contributed by atoms with Crippen LogP contribution in [0.4, 0.5) is 14.5 Å². The lowest BCUT2D eigenvalue weighted by molar-refractivity contribution is 0.233. The highest BCUT2D eigenvalue weighted by Crippen LogP contribution is 2.33. The Balaban J connectivity index is 2.96. The van der Waals surface area contributed by atoms with Crippen molar-refractivity contribution in [3.8, 4) is 0 Å². The lowest BCUT2D eigenvalue weighted by Crippen LogP contribution is -2.27. The van der Waals surface area contributed by atoms with Gasteiger partial charge in [-0.1, -0.05) is 23.9 Å².